The van der Waals surface area contributed by atoms with Gasteiger partial charge in [0, 0.05) is 5.56 Å². The van der Waals surface area contributed by atoms with Gasteiger partial charge in [-0.05, 0) is 43.3 Å². The smallest absolute Gasteiger partial charge is 0.433 e. The Hall–Kier alpha value is -2.54. The van der Waals surface area contributed by atoms with Crippen LogP contribution in [0.2, 0.25) is 0 Å². The Balaban J connectivity index is 2.38. The van der Waals surface area contributed by atoms with Crippen molar-refractivity contribution >= 4 is 24.2 Å². The van der Waals surface area contributed by atoms with Gasteiger partial charge in [0.25, 0.3) is 0 Å². The van der Waals surface area contributed by atoms with Crippen molar-refractivity contribution < 1.29 is 17.9 Å². The zero-order valence-electron chi connectivity index (χ0n) is 14.0. The number of ether oxygens (including phenoxy) is 1. The van der Waals surface area contributed by atoms with Gasteiger partial charge in [-0.1, -0.05) is 30.3 Å². The van der Waals surface area contributed by atoms with Crippen LogP contribution in [0.1, 0.15) is 5.56 Å². The highest BCUT2D eigenvalue weighted by atomic mass is 32.2. The topological polar surface area (TPSA) is 34.0 Å². The van der Waals surface area contributed by atoms with Crippen molar-refractivity contribution in [1.29, 1.82) is 0 Å². The maximum Gasteiger partial charge on any atom is 0.433 e. The lowest BCUT2D eigenvalue weighted by Crippen LogP contribution is -2.12. The lowest BCUT2D eigenvalue weighted by molar-refractivity contribution is -0.0921. The summed E-state index contributed by atoms with van der Waals surface area (Å²) in [6, 6.07) is 15.8. The number of aliphatic imine (C=N–C) groups is 2. The van der Waals surface area contributed by atoms with Crippen LogP contribution < -0.4 is 4.74 Å². The predicted octanol–water partition coefficient (Wildman–Crippen LogP) is 5.74. The molecule has 0 aliphatic carbocycles. The average molecular weight is 378 g/mol. The number of thioether (sulfide) groups is 1. The first-order chi connectivity index (χ1) is 12.4. The van der Waals surface area contributed by atoms with E-state index >= 15 is 0 Å². The SMILES string of the molecule is C=N/C(=C\C(=NCSC)c1cccc(Oc2ccccc2)c1)C(F)(F)F. The molecule has 0 aliphatic rings. The van der Waals surface area contributed by atoms with Crippen LogP contribution >= 0.6 is 11.8 Å². The van der Waals surface area contributed by atoms with E-state index in [2.05, 4.69) is 16.7 Å². The van der Waals surface area contributed by atoms with Gasteiger partial charge in [-0.2, -0.15) is 13.2 Å². The molecule has 2 aromatic rings. The molecule has 2 rings (SSSR count). The quantitative estimate of drug-likeness (QED) is 0.576. The minimum absolute atomic E-state index is 0.164. The van der Waals surface area contributed by atoms with Gasteiger partial charge in [0.05, 0.1) is 11.6 Å². The second-order valence-corrected chi connectivity index (χ2v) is 5.93. The molecule has 0 heterocycles. The van der Waals surface area contributed by atoms with Crippen molar-refractivity contribution in [2.75, 3.05) is 12.1 Å². The van der Waals surface area contributed by atoms with Crippen molar-refractivity contribution in [3.63, 3.8) is 0 Å². The molecule has 0 radical (unpaired) electrons. The minimum atomic E-state index is -4.60. The second-order valence-electron chi connectivity index (χ2n) is 5.09. The molecule has 7 heteroatoms. The molecular weight excluding hydrogens is 361 g/mol. The molecule has 0 atom stereocenters. The fraction of sp³-hybridized carbons (Fsp3) is 0.158. The summed E-state index contributed by atoms with van der Waals surface area (Å²) in [5.41, 5.74) is -0.429. The lowest BCUT2D eigenvalue weighted by Gasteiger charge is -2.10. The zero-order valence-corrected chi connectivity index (χ0v) is 14.8. The number of benzene rings is 2. The van der Waals surface area contributed by atoms with Gasteiger partial charge in [-0.25, -0.2) is 0 Å². The standard InChI is InChI=1S/C19H17F3N2OS/c1-23-18(19(20,21)22)12-17(24-13-26-2)14-7-6-10-16(11-14)25-15-8-4-3-5-9-15/h3-12H,1,13H2,2H3/b18-12-,24-17?. The first-order valence-electron chi connectivity index (χ1n) is 7.56. The van der Waals surface area contributed by atoms with Crippen molar-refractivity contribution in [2.45, 2.75) is 6.18 Å². The van der Waals surface area contributed by atoms with Crippen molar-refractivity contribution in [2.24, 2.45) is 9.98 Å². The third-order valence-corrected chi connectivity index (χ3v) is 3.59. The monoisotopic (exact) mass is 378 g/mol. The predicted molar refractivity (Wildman–Crippen MR) is 102 cm³/mol. The molecule has 2 aromatic carbocycles. The van der Waals surface area contributed by atoms with Crippen LogP contribution in [-0.4, -0.2) is 30.7 Å². The number of para-hydroxylation sites is 1. The largest absolute Gasteiger partial charge is 0.457 e. The molecule has 0 spiro atoms. The van der Waals surface area contributed by atoms with Gasteiger partial charge < -0.3 is 4.74 Å². The maximum absolute atomic E-state index is 13.0. The number of alkyl halides is 3. The molecule has 0 saturated heterocycles. The van der Waals surface area contributed by atoms with E-state index < -0.39 is 11.9 Å². The lowest BCUT2D eigenvalue weighted by atomic mass is 10.1. The molecule has 0 aliphatic heterocycles. The molecule has 3 nitrogen and oxygen atoms in total. The van der Waals surface area contributed by atoms with Crippen LogP contribution in [0.15, 0.2) is 76.4 Å². The number of rotatable bonds is 7. The summed E-state index contributed by atoms with van der Waals surface area (Å²) in [5, 5.41) is 0. The third kappa shape index (κ3) is 5.77. The molecule has 0 N–H and O–H groups in total. The molecule has 0 aromatic heterocycles. The Bertz CT molecular complexity index is 802. The molecule has 0 unspecified atom stereocenters. The maximum atomic E-state index is 13.0. The van der Waals surface area contributed by atoms with Crippen molar-refractivity contribution in [3.8, 4) is 11.5 Å². The van der Waals surface area contributed by atoms with E-state index in [1.165, 1.54) is 11.8 Å². The van der Waals surface area contributed by atoms with Crippen LogP contribution in [0.25, 0.3) is 0 Å². The van der Waals surface area contributed by atoms with Gasteiger partial charge in [-0.3, -0.25) is 9.98 Å². The summed E-state index contributed by atoms with van der Waals surface area (Å²) in [4.78, 5) is 7.31. The Morgan fingerprint density at radius 2 is 1.81 bits per heavy atom. The van der Waals surface area contributed by atoms with E-state index in [9.17, 15) is 13.2 Å². The van der Waals surface area contributed by atoms with Crippen molar-refractivity contribution in [3.05, 3.63) is 71.9 Å². The number of hydrogen-bond acceptors (Lipinski definition) is 4. The van der Waals surface area contributed by atoms with Gasteiger partial charge >= 0.3 is 6.18 Å². The summed E-state index contributed by atoms with van der Waals surface area (Å²) in [6.07, 6.45) is -1.89. The summed E-state index contributed by atoms with van der Waals surface area (Å²) in [7, 11) is 0. The molecule has 0 bridgehead atoms. The Morgan fingerprint density at radius 1 is 1.12 bits per heavy atom. The molecule has 26 heavy (non-hydrogen) atoms. The highest BCUT2D eigenvalue weighted by Crippen LogP contribution is 2.28. The van der Waals surface area contributed by atoms with Gasteiger partial charge in [0.2, 0.25) is 0 Å². The molecule has 0 saturated carbocycles. The first-order valence-corrected chi connectivity index (χ1v) is 8.96. The van der Waals surface area contributed by atoms with E-state index in [4.69, 9.17) is 4.74 Å². The van der Waals surface area contributed by atoms with E-state index in [0.717, 1.165) is 6.08 Å². The Kier molecular flexibility index (Phi) is 7.03. The molecule has 136 valence electrons. The van der Waals surface area contributed by atoms with Gasteiger partial charge in [0.1, 0.15) is 17.2 Å². The number of hydrogen-bond donors (Lipinski definition) is 0. The van der Waals surface area contributed by atoms with E-state index in [0.29, 0.717) is 22.9 Å². The first kappa shape index (κ1) is 19.8. The van der Waals surface area contributed by atoms with Gasteiger partial charge in [-0.15, -0.1) is 11.8 Å². The van der Waals surface area contributed by atoms with E-state index in [1.54, 1.807) is 36.4 Å². The highest BCUT2D eigenvalue weighted by Gasteiger charge is 2.33. The van der Waals surface area contributed by atoms with Crippen LogP contribution in [0.5, 0.6) is 11.5 Å². The second kappa shape index (κ2) is 9.24. The van der Waals surface area contributed by atoms with Crippen LogP contribution in [-0.2, 0) is 0 Å². The summed E-state index contributed by atoms with van der Waals surface area (Å²) < 4.78 is 44.7. The fourth-order valence-electron chi connectivity index (χ4n) is 2.04. The van der Waals surface area contributed by atoms with Crippen LogP contribution in [0, 0.1) is 0 Å². The molecule has 0 fully saturated rings. The minimum Gasteiger partial charge on any atom is -0.457 e. The van der Waals surface area contributed by atoms with Crippen LogP contribution in [0.4, 0.5) is 13.2 Å². The highest BCUT2D eigenvalue weighted by molar-refractivity contribution is 7.98. The third-order valence-electron chi connectivity index (χ3n) is 3.21. The fourth-order valence-corrected chi connectivity index (χ4v) is 2.31. The Labute approximate surface area is 154 Å². The average Bonchev–Trinajstić information content (AvgIpc) is 2.62. The summed E-state index contributed by atoms with van der Waals surface area (Å²) in [5.74, 6) is 1.45. The van der Waals surface area contributed by atoms with Crippen LogP contribution in [0.3, 0.4) is 0 Å². The normalized spacial score (nSPS) is 12.8. The summed E-state index contributed by atoms with van der Waals surface area (Å²) >= 11 is 1.40. The van der Waals surface area contributed by atoms with Gasteiger partial charge in [0.15, 0.2) is 0 Å². The van der Waals surface area contributed by atoms with Crippen molar-refractivity contribution in [1.82, 2.24) is 0 Å². The number of halogens is 3. The Morgan fingerprint density at radius 3 is 2.42 bits per heavy atom. The van der Waals surface area contributed by atoms with E-state index in [-0.39, 0.29) is 5.71 Å². The number of nitrogens with zero attached hydrogens (tertiary/aromatic N) is 2. The molecular formula is C19H17F3N2OS. The summed E-state index contributed by atoms with van der Waals surface area (Å²) in [6.45, 7) is 3.00. The zero-order chi connectivity index (χ0) is 19.0. The number of allylic oxidation sites excluding steroid dienone is 2. The molecule has 0 amide bonds. The van der Waals surface area contributed by atoms with E-state index in [1.807, 2.05) is 24.5 Å².